The molecule has 15 heteroatoms. The first-order chi connectivity index (χ1) is 25.2. The number of hydrogen-bond donors (Lipinski definition) is 1. The van der Waals surface area contributed by atoms with Gasteiger partial charge in [0.25, 0.3) is 0 Å². The molecule has 0 heterocycles. The number of amides is 4. The number of benzene rings is 2. The van der Waals surface area contributed by atoms with Crippen LogP contribution in [0.5, 0.6) is 0 Å². The van der Waals surface area contributed by atoms with Crippen molar-refractivity contribution in [3.63, 3.8) is 0 Å². The molecule has 2 saturated carbocycles. The van der Waals surface area contributed by atoms with Gasteiger partial charge in [-0.1, -0.05) is 70.9 Å². The quantitative estimate of drug-likeness (QED) is 0.195. The lowest BCUT2D eigenvalue weighted by atomic mass is 9.82. The Morgan fingerprint density at radius 3 is 1.38 bits per heavy atom. The molecule has 1 N–H and O–H groups in total. The van der Waals surface area contributed by atoms with E-state index in [4.69, 9.17) is 19.3 Å². The second kappa shape index (κ2) is 24.0. The van der Waals surface area contributed by atoms with Crippen LogP contribution in [-0.2, 0) is 37.0 Å². The molecule has 0 aliphatic heterocycles. The SMILES string of the molecule is CN(C)C(=O)N=NC(=O)N(C)C.O=C(OCc1ccccc1)C1CCC(CO)CC1.O=C(OCc1ccccc1)C1CCC(COCC(F)(F)F)CC1. The van der Waals surface area contributed by atoms with E-state index in [1.54, 1.807) is 0 Å². The molecule has 4 rings (SSSR count). The minimum absolute atomic E-state index is 0.0245. The minimum atomic E-state index is -4.28. The van der Waals surface area contributed by atoms with E-state index >= 15 is 0 Å². The summed E-state index contributed by atoms with van der Waals surface area (Å²) in [5.41, 5.74) is 1.96. The number of carbonyl (C=O) groups excluding carboxylic acids is 4. The zero-order valence-corrected chi connectivity index (χ0v) is 31.0. The van der Waals surface area contributed by atoms with Crippen LogP contribution < -0.4 is 0 Å². The van der Waals surface area contributed by atoms with Gasteiger partial charge < -0.3 is 29.1 Å². The number of esters is 2. The summed E-state index contributed by atoms with van der Waals surface area (Å²) in [5, 5.41) is 15.4. The van der Waals surface area contributed by atoms with Crippen LogP contribution >= 0.6 is 0 Å². The third kappa shape index (κ3) is 19.3. The Balaban J connectivity index is 0.000000290. The van der Waals surface area contributed by atoms with E-state index in [9.17, 15) is 32.3 Å². The van der Waals surface area contributed by atoms with E-state index in [-0.39, 0.29) is 49.5 Å². The van der Waals surface area contributed by atoms with E-state index < -0.39 is 24.8 Å². The molecule has 2 aromatic carbocycles. The van der Waals surface area contributed by atoms with Crippen molar-refractivity contribution >= 4 is 24.0 Å². The van der Waals surface area contributed by atoms with Gasteiger partial charge in [-0.3, -0.25) is 9.59 Å². The van der Waals surface area contributed by atoms with Crippen molar-refractivity contribution in [1.29, 1.82) is 0 Å². The smallest absolute Gasteiger partial charge is 0.411 e. The molecule has 0 spiro atoms. The van der Waals surface area contributed by atoms with Crippen molar-refractivity contribution in [3.8, 4) is 0 Å². The normalized spacial score (nSPS) is 19.8. The number of azo groups is 1. The van der Waals surface area contributed by atoms with Crippen LogP contribution in [0.25, 0.3) is 0 Å². The van der Waals surface area contributed by atoms with E-state index in [1.165, 1.54) is 38.0 Å². The van der Waals surface area contributed by atoms with Gasteiger partial charge in [0.2, 0.25) is 0 Å². The molecule has 0 saturated heterocycles. The highest BCUT2D eigenvalue weighted by molar-refractivity contribution is 5.79. The summed E-state index contributed by atoms with van der Waals surface area (Å²) in [6.07, 6.45) is 1.96. The van der Waals surface area contributed by atoms with Crippen molar-refractivity contribution in [3.05, 3.63) is 71.8 Å². The molecule has 0 bridgehead atoms. The summed E-state index contributed by atoms with van der Waals surface area (Å²) in [6, 6.07) is 18.1. The summed E-state index contributed by atoms with van der Waals surface area (Å²) in [5.74, 6) is 0.0338. The Kier molecular flexibility index (Phi) is 20.3. The number of nitrogens with zero attached hydrogens (tertiary/aromatic N) is 4. The fraction of sp³-hybridized carbons (Fsp3) is 0.579. The fourth-order valence-electron chi connectivity index (χ4n) is 5.44. The number of rotatable bonds is 10. The highest BCUT2D eigenvalue weighted by Crippen LogP contribution is 2.31. The minimum Gasteiger partial charge on any atom is -0.461 e. The molecule has 0 radical (unpaired) electrons. The number of halogens is 3. The highest BCUT2D eigenvalue weighted by Gasteiger charge is 2.31. The van der Waals surface area contributed by atoms with Crippen LogP contribution in [0.1, 0.15) is 62.5 Å². The Morgan fingerprint density at radius 2 is 1.04 bits per heavy atom. The number of hydrogen-bond acceptors (Lipinski definition) is 8. The molecule has 2 fully saturated rings. The zero-order chi connectivity index (χ0) is 39.2. The number of urea groups is 2. The second-order valence-electron chi connectivity index (χ2n) is 13.5. The van der Waals surface area contributed by atoms with Crippen molar-refractivity contribution in [1.82, 2.24) is 9.80 Å². The molecule has 2 aromatic rings. The van der Waals surface area contributed by atoms with Crippen LogP contribution in [0, 0.1) is 23.7 Å². The Morgan fingerprint density at radius 1 is 0.660 bits per heavy atom. The van der Waals surface area contributed by atoms with Gasteiger partial charge in [-0.2, -0.15) is 13.2 Å². The number of carbonyl (C=O) groups is 4. The van der Waals surface area contributed by atoms with E-state index in [2.05, 4.69) is 10.2 Å². The van der Waals surface area contributed by atoms with Gasteiger partial charge in [-0.25, -0.2) is 9.59 Å². The largest absolute Gasteiger partial charge is 0.461 e. The molecule has 12 nitrogen and oxygen atoms in total. The maximum Gasteiger partial charge on any atom is 0.411 e. The molecule has 53 heavy (non-hydrogen) atoms. The van der Waals surface area contributed by atoms with Gasteiger partial charge in [0.1, 0.15) is 19.8 Å². The topological polar surface area (TPSA) is 147 Å². The van der Waals surface area contributed by atoms with Crippen molar-refractivity contribution in [2.45, 2.75) is 70.8 Å². The highest BCUT2D eigenvalue weighted by atomic mass is 19.4. The number of aliphatic hydroxyl groups excluding tert-OH is 1. The standard InChI is InChI=1S/C17H21F3O3.C15H20O3.C6H12N4O2/c18-17(19,20)12-22-10-14-6-8-15(9-7-14)16(21)23-11-13-4-2-1-3-5-13;16-10-12-6-8-14(9-7-12)15(17)18-11-13-4-2-1-3-5-13;1-9(2)5(11)7-8-6(12)10(3)4/h1-5,14-15H,6-12H2;1-5,12,14,16H,6-11H2;1-4H3. The maximum absolute atomic E-state index is 12.0. The monoisotopic (exact) mass is 750 g/mol. The van der Waals surface area contributed by atoms with Crippen LogP contribution in [0.15, 0.2) is 70.9 Å². The number of alkyl halides is 3. The fourth-order valence-corrected chi connectivity index (χ4v) is 5.44. The molecular formula is C38H53F3N4O8. The number of ether oxygens (including phenoxy) is 3. The average molecular weight is 751 g/mol. The van der Waals surface area contributed by atoms with Gasteiger partial charge in [0.15, 0.2) is 0 Å². The maximum atomic E-state index is 12.0. The molecule has 2 aliphatic rings. The predicted octanol–water partition coefficient (Wildman–Crippen LogP) is 7.45. The number of aliphatic hydroxyl groups is 1. The first-order valence-corrected chi connectivity index (χ1v) is 17.7. The van der Waals surface area contributed by atoms with Crippen molar-refractivity contribution < 1.29 is 51.7 Å². The third-order valence-electron chi connectivity index (χ3n) is 8.67. The first kappa shape index (κ1) is 44.8. The third-order valence-corrected chi connectivity index (χ3v) is 8.67. The molecule has 2 aliphatic carbocycles. The lowest BCUT2D eigenvalue weighted by molar-refractivity contribution is -0.177. The van der Waals surface area contributed by atoms with Crippen LogP contribution in [0.3, 0.4) is 0 Å². The van der Waals surface area contributed by atoms with Gasteiger partial charge in [-0.15, -0.1) is 0 Å². The van der Waals surface area contributed by atoms with Crippen molar-refractivity contribution in [2.75, 3.05) is 48.0 Å². The van der Waals surface area contributed by atoms with Crippen molar-refractivity contribution in [2.24, 2.45) is 33.9 Å². The summed E-state index contributed by atoms with van der Waals surface area (Å²) < 4.78 is 51.4. The van der Waals surface area contributed by atoms with E-state index in [0.717, 1.165) is 36.8 Å². The average Bonchev–Trinajstić information content (AvgIpc) is 3.16. The summed E-state index contributed by atoms with van der Waals surface area (Å²) in [6.45, 7) is -0.239. The second-order valence-corrected chi connectivity index (χ2v) is 13.5. The van der Waals surface area contributed by atoms with Gasteiger partial charge in [0.05, 0.1) is 11.8 Å². The molecular weight excluding hydrogens is 697 g/mol. The summed E-state index contributed by atoms with van der Waals surface area (Å²) in [4.78, 5) is 47.9. The van der Waals surface area contributed by atoms with Crippen LogP contribution in [-0.4, -0.2) is 93.1 Å². The Labute approximate surface area is 309 Å². The summed E-state index contributed by atoms with van der Waals surface area (Å²) >= 11 is 0. The van der Waals surface area contributed by atoms with E-state index in [1.807, 2.05) is 60.7 Å². The molecule has 0 aromatic heterocycles. The lowest BCUT2D eigenvalue weighted by Gasteiger charge is -2.27. The molecule has 4 amide bonds. The zero-order valence-electron chi connectivity index (χ0n) is 31.0. The first-order valence-electron chi connectivity index (χ1n) is 17.7. The molecule has 0 unspecified atom stereocenters. The Hall–Kier alpha value is -4.37. The molecule has 294 valence electrons. The lowest BCUT2D eigenvalue weighted by Crippen LogP contribution is -2.27. The van der Waals surface area contributed by atoms with Crippen LogP contribution in [0.2, 0.25) is 0 Å². The predicted molar refractivity (Wildman–Crippen MR) is 190 cm³/mol. The Bertz CT molecular complexity index is 1370. The van der Waals surface area contributed by atoms with Gasteiger partial charge >= 0.3 is 30.2 Å². The van der Waals surface area contributed by atoms with Gasteiger partial charge in [-0.05, 0) is 74.3 Å². The summed E-state index contributed by atoms with van der Waals surface area (Å²) in [7, 11) is 6.12. The van der Waals surface area contributed by atoms with E-state index in [0.29, 0.717) is 38.2 Å². The molecule has 0 atom stereocenters. The van der Waals surface area contributed by atoms with Gasteiger partial charge in [0, 0.05) is 41.4 Å². The van der Waals surface area contributed by atoms with Crippen LogP contribution in [0.4, 0.5) is 22.8 Å².